The van der Waals surface area contributed by atoms with Gasteiger partial charge in [0.25, 0.3) is 0 Å². The van der Waals surface area contributed by atoms with Gasteiger partial charge in [-0.1, -0.05) is 0 Å². The second-order valence-electron chi connectivity index (χ2n) is 2.81. The predicted molar refractivity (Wildman–Crippen MR) is 33.8 cm³/mol. The van der Waals surface area contributed by atoms with Crippen LogP contribution < -0.4 is 0 Å². The Hall–Kier alpha value is -0.600. The van der Waals surface area contributed by atoms with Crippen molar-refractivity contribution in [1.29, 1.82) is 0 Å². The zero-order valence-corrected chi connectivity index (χ0v) is 5.54. The van der Waals surface area contributed by atoms with Crippen molar-refractivity contribution in [1.82, 2.24) is 0 Å². The van der Waals surface area contributed by atoms with Gasteiger partial charge < -0.3 is 0 Å². The molecule has 1 saturated carbocycles. The molecule has 1 aliphatic rings. The van der Waals surface area contributed by atoms with E-state index in [9.17, 15) is 10.1 Å². The first-order valence-corrected chi connectivity index (χ1v) is 3.33. The lowest BCUT2D eigenvalue weighted by Crippen LogP contribution is -2.14. The van der Waals surface area contributed by atoms with Crippen LogP contribution in [0.2, 0.25) is 0 Å². The van der Waals surface area contributed by atoms with Crippen LogP contribution >= 0.6 is 0 Å². The zero-order valence-electron chi connectivity index (χ0n) is 5.54. The van der Waals surface area contributed by atoms with Gasteiger partial charge in [-0.3, -0.25) is 10.1 Å². The van der Waals surface area contributed by atoms with Crippen molar-refractivity contribution < 1.29 is 4.92 Å². The molecule has 0 aromatic carbocycles. The first kappa shape index (κ1) is 6.52. The molecule has 9 heavy (non-hydrogen) atoms. The summed E-state index contributed by atoms with van der Waals surface area (Å²) in [7, 11) is 0. The number of nitro groups is 1. The van der Waals surface area contributed by atoms with E-state index in [4.69, 9.17) is 0 Å². The molecule has 1 fully saturated rings. The highest BCUT2D eigenvalue weighted by Gasteiger charge is 2.27. The average molecular weight is 129 g/mol. The number of hydrogen-bond acceptors (Lipinski definition) is 2. The van der Waals surface area contributed by atoms with Crippen molar-refractivity contribution in [2.45, 2.75) is 32.2 Å². The summed E-state index contributed by atoms with van der Waals surface area (Å²) in [5, 5.41) is 10.1. The highest BCUT2D eigenvalue weighted by atomic mass is 16.6. The van der Waals surface area contributed by atoms with E-state index in [1.54, 1.807) is 6.92 Å². The molecule has 0 aliphatic heterocycles. The van der Waals surface area contributed by atoms with Gasteiger partial charge in [-0.2, -0.15) is 0 Å². The maximum Gasteiger partial charge on any atom is 0.210 e. The molecule has 0 aromatic heterocycles. The Morgan fingerprint density at radius 2 is 2.33 bits per heavy atom. The summed E-state index contributed by atoms with van der Waals surface area (Å²) in [6, 6.07) is -0.322. The molecule has 0 N–H and O–H groups in total. The van der Waals surface area contributed by atoms with E-state index in [0.717, 1.165) is 6.42 Å². The van der Waals surface area contributed by atoms with Crippen molar-refractivity contribution in [3.8, 4) is 0 Å². The first-order chi connectivity index (χ1) is 4.20. The summed E-state index contributed by atoms with van der Waals surface area (Å²) >= 11 is 0. The maximum atomic E-state index is 10.1. The average Bonchev–Trinajstić information content (AvgIpc) is 2.50. The smallest absolute Gasteiger partial charge is 0.210 e. The Morgan fingerprint density at radius 3 is 2.67 bits per heavy atom. The molecule has 0 spiro atoms. The van der Waals surface area contributed by atoms with Crippen molar-refractivity contribution in [2.24, 2.45) is 5.92 Å². The molecule has 3 nitrogen and oxygen atoms in total. The van der Waals surface area contributed by atoms with Gasteiger partial charge in [0.15, 0.2) is 0 Å². The minimum atomic E-state index is -0.322. The second-order valence-corrected chi connectivity index (χ2v) is 2.81. The van der Waals surface area contributed by atoms with Crippen LogP contribution in [-0.2, 0) is 0 Å². The first-order valence-electron chi connectivity index (χ1n) is 3.33. The largest absolute Gasteiger partial charge is 0.264 e. The lowest BCUT2D eigenvalue weighted by atomic mass is 10.2. The van der Waals surface area contributed by atoms with Gasteiger partial charge in [-0.25, -0.2) is 0 Å². The Bertz CT molecular complexity index is 120. The fourth-order valence-electron chi connectivity index (χ4n) is 0.922. The lowest BCUT2D eigenvalue weighted by molar-refractivity contribution is -0.519. The molecular formula is C6H11NO2. The topological polar surface area (TPSA) is 43.1 Å². The summed E-state index contributed by atoms with van der Waals surface area (Å²) in [4.78, 5) is 9.87. The Balaban J connectivity index is 2.16. The Morgan fingerprint density at radius 1 is 1.78 bits per heavy atom. The van der Waals surface area contributed by atoms with Crippen LogP contribution in [-0.4, -0.2) is 11.0 Å². The van der Waals surface area contributed by atoms with Gasteiger partial charge >= 0.3 is 0 Å². The quantitative estimate of drug-likeness (QED) is 0.427. The monoisotopic (exact) mass is 129 g/mol. The minimum Gasteiger partial charge on any atom is -0.264 e. The molecule has 0 amide bonds. The fraction of sp³-hybridized carbons (Fsp3) is 1.00. The number of nitrogens with zero attached hydrogens (tertiary/aromatic N) is 1. The van der Waals surface area contributed by atoms with E-state index in [-0.39, 0.29) is 11.0 Å². The van der Waals surface area contributed by atoms with Crippen molar-refractivity contribution in [3.05, 3.63) is 10.1 Å². The SMILES string of the molecule is CC(CC1CC1)[N+](=O)[O-]. The van der Waals surface area contributed by atoms with Crippen LogP contribution in [0.5, 0.6) is 0 Å². The highest BCUT2D eigenvalue weighted by Crippen LogP contribution is 2.33. The molecule has 0 heterocycles. The predicted octanol–water partition coefficient (Wildman–Crippen LogP) is 1.45. The highest BCUT2D eigenvalue weighted by molar-refractivity contribution is 4.74. The van der Waals surface area contributed by atoms with E-state index in [1.165, 1.54) is 12.8 Å². The second kappa shape index (κ2) is 2.33. The summed E-state index contributed by atoms with van der Waals surface area (Å²) in [6.07, 6.45) is 3.20. The lowest BCUT2D eigenvalue weighted by Gasteiger charge is -1.99. The third-order valence-electron chi connectivity index (χ3n) is 1.73. The van der Waals surface area contributed by atoms with E-state index in [0.29, 0.717) is 5.92 Å². The van der Waals surface area contributed by atoms with E-state index < -0.39 is 0 Å². The molecule has 0 bridgehead atoms. The molecule has 1 aliphatic carbocycles. The third kappa shape index (κ3) is 2.00. The van der Waals surface area contributed by atoms with Gasteiger partial charge in [-0.05, 0) is 18.8 Å². The number of rotatable bonds is 3. The van der Waals surface area contributed by atoms with Crippen molar-refractivity contribution >= 4 is 0 Å². The minimum absolute atomic E-state index is 0.196. The molecule has 1 unspecified atom stereocenters. The normalized spacial score (nSPS) is 21.4. The van der Waals surface area contributed by atoms with Gasteiger partial charge in [0, 0.05) is 18.3 Å². The van der Waals surface area contributed by atoms with Crippen LogP contribution in [0.1, 0.15) is 26.2 Å². The Kier molecular flexibility index (Phi) is 1.69. The van der Waals surface area contributed by atoms with Crippen LogP contribution in [0.25, 0.3) is 0 Å². The van der Waals surface area contributed by atoms with Crippen LogP contribution in [0.4, 0.5) is 0 Å². The maximum absolute atomic E-state index is 10.1. The van der Waals surface area contributed by atoms with Gasteiger partial charge in [0.05, 0.1) is 0 Å². The third-order valence-corrected chi connectivity index (χ3v) is 1.73. The molecule has 0 saturated heterocycles. The summed E-state index contributed by atoms with van der Waals surface area (Å²) in [5.74, 6) is 0.672. The van der Waals surface area contributed by atoms with Gasteiger partial charge in [-0.15, -0.1) is 0 Å². The molecule has 1 atom stereocenters. The summed E-state index contributed by atoms with van der Waals surface area (Å²) < 4.78 is 0. The molecule has 1 rings (SSSR count). The summed E-state index contributed by atoms with van der Waals surface area (Å²) in [5.41, 5.74) is 0. The van der Waals surface area contributed by atoms with E-state index in [2.05, 4.69) is 0 Å². The van der Waals surface area contributed by atoms with Crippen molar-refractivity contribution in [2.75, 3.05) is 0 Å². The zero-order chi connectivity index (χ0) is 6.85. The standard InChI is InChI=1S/C6H11NO2/c1-5(7(8)9)4-6-2-3-6/h5-6H,2-4H2,1H3. The molecular weight excluding hydrogens is 118 g/mol. The van der Waals surface area contributed by atoms with Crippen molar-refractivity contribution in [3.63, 3.8) is 0 Å². The van der Waals surface area contributed by atoms with E-state index in [1.807, 2.05) is 0 Å². The van der Waals surface area contributed by atoms with E-state index >= 15 is 0 Å². The van der Waals surface area contributed by atoms with Crippen LogP contribution in [0, 0.1) is 16.0 Å². The number of hydrogen-bond donors (Lipinski definition) is 0. The van der Waals surface area contributed by atoms with Crippen LogP contribution in [0.3, 0.4) is 0 Å². The van der Waals surface area contributed by atoms with Gasteiger partial charge in [0.1, 0.15) is 0 Å². The Labute approximate surface area is 54.2 Å². The molecule has 52 valence electrons. The van der Waals surface area contributed by atoms with Gasteiger partial charge in [0.2, 0.25) is 6.04 Å². The van der Waals surface area contributed by atoms with Crippen LogP contribution in [0.15, 0.2) is 0 Å². The molecule has 0 radical (unpaired) electrons. The molecule has 3 heteroatoms. The fourth-order valence-corrected chi connectivity index (χ4v) is 0.922. The summed E-state index contributed by atoms with van der Waals surface area (Å²) in [6.45, 7) is 1.68. The molecule has 0 aromatic rings.